The fraction of sp³-hybridized carbons (Fsp3) is 0.267. The molecule has 0 spiro atoms. The van der Waals surface area contributed by atoms with E-state index < -0.39 is 5.82 Å². The van der Waals surface area contributed by atoms with Crippen LogP contribution in [0, 0.1) is 17.1 Å². The Balaban J connectivity index is 2.43. The highest BCUT2D eigenvalue weighted by Crippen LogP contribution is 2.30. The number of halogens is 1. The Kier molecular flexibility index (Phi) is 4.33. The van der Waals surface area contributed by atoms with Crippen LogP contribution in [0.4, 0.5) is 21.7 Å². The first-order valence-electron chi connectivity index (χ1n) is 6.56. The first-order valence-corrected chi connectivity index (χ1v) is 6.56. The molecule has 0 bridgehead atoms. The zero-order valence-electron chi connectivity index (χ0n) is 12.1. The maximum Gasteiger partial charge on any atom is 0.147 e. The van der Waals surface area contributed by atoms with Crippen molar-refractivity contribution in [3.8, 4) is 6.07 Å². The number of anilines is 3. The van der Waals surface area contributed by atoms with Gasteiger partial charge in [-0.05, 0) is 24.1 Å². The minimum Gasteiger partial charge on any atom is -0.373 e. The molecular weight excluding hydrogens is 269 g/mol. The lowest BCUT2D eigenvalue weighted by molar-refractivity contribution is 0.631. The predicted octanol–water partition coefficient (Wildman–Crippen LogP) is 3.40. The van der Waals surface area contributed by atoms with E-state index in [1.54, 1.807) is 13.1 Å². The molecule has 108 valence electrons. The molecule has 0 radical (unpaired) electrons. The van der Waals surface area contributed by atoms with Gasteiger partial charge in [-0.1, -0.05) is 13.8 Å². The van der Waals surface area contributed by atoms with E-state index in [4.69, 9.17) is 5.26 Å². The van der Waals surface area contributed by atoms with Crippen LogP contribution in [-0.4, -0.2) is 17.0 Å². The topological polar surface area (TPSA) is 73.6 Å². The van der Waals surface area contributed by atoms with Gasteiger partial charge >= 0.3 is 0 Å². The van der Waals surface area contributed by atoms with Crippen molar-refractivity contribution in [3.63, 3.8) is 0 Å². The van der Waals surface area contributed by atoms with Crippen LogP contribution in [0.1, 0.15) is 30.9 Å². The third kappa shape index (κ3) is 3.08. The van der Waals surface area contributed by atoms with Crippen LogP contribution in [0.5, 0.6) is 0 Å². The lowest BCUT2D eigenvalue weighted by atomic mass is 10.0. The molecule has 0 aliphatic rings. The maximum atomic E-state index is 14.0. The number of rotatable bonds is 4. The summed E-state index contributed by atoms with van der Waals surface area (Å²) in [6, 6.07) is 6.18. The quantitative estimate of drug-likeness (QED) is 0.900. The number of benzene rings is 1. The summed E-state index contributed by atoms with van der Waals surface area (Å²) in [5.41, 5.74) is 1.43. The van der Waals surface area contributed by atoms with Crippen LogP contribution in [-0.2, 0) is 0 Å². The molecular formula is C15H16FN5. The minimum absolute atomic E-state index is 0.164. The van der Waals surface area contributed by atoms with Gasteiger partial charge in [0.15, 0.2) is 0 Å². The predicted molar refractivity (Wildman–Crippen MR) is 80.1 cm³/mol. The zero-order valence-corrected chi connectivity index (χ0v) is 12.1. The van der Waals surface area contributed by atoms with Crippen molar-refractivity contribution in [2.45, 2.75) is 19.8 Å². The second-order valence-corrected chi connectivity index (χ2v) is 4.82. The molecule has 0 amide bonds. The normalized spacial score (nSPS) is 10.3. The number of nitrogens with zero attached hydrogens (tertiary/aromatic N) is 3. The third-order valence-electron chi connectivity index (χ3n) is 3.05. The molecule has 0 atom stereocenters. The summed E-state index contributed by atoms with van der Waals surface area (Å²) in [5.74, 6) is 0.926. The molecule has 0 saturated carbocycles. The average molecular weight is 285 g/mol. The van der Waals surface area contributed by atoms with Crippen LogP contribution in [0.25, 0.3) is 0 Å². The van der Waals surface area contributed by atoms with E-state index in [9.17, 15) is 4.39 Å². The summed E-state index contributed by atoms with van der Waals surface area (Å²) in [6.45, 7) is 4.03. The van der Waals surface area contributed by atoms with E-state index in [-0.39, 0.29) is 17.2 Å². The van der Waals surface area contributed by atoms with Crippen molar-refractivity contribution in [1.82, 2.24) is 9.97 Å². The van der Waals surface area contributed by atoms with Gasteiger partial charge in [0, 0.05) is 12.6 Å². The van der Waals surface area contributed by atoms with Crippen molar-refractivity contribution in [2.24, 2.45) is 0 Å². The highest BCUT2D eigenvalue weighted by Gasteiger charge is 2.15. The van der Waals surface area contributed by atoms with Crippen molar-refractivity contribution < 1.29 is 4.39 Å². The van der Waals surface area contributed by atoms with Crippen molar-refractivity contribution in [3.05, 3.63) is 41.5 Å². The molecule has 21 heavy (non-hydrogen) atoms. The summed E-state index contributed by atoms with van der Waals surface area (Å²) in [6.07, 6.45) is 1.42. The van der Waals surface area contributed by atoms with Crippen LogP contribution >= 0.6 is 0 Å². The SMILES string of the molecule is CNc1ncnc(Nc2ccc(C#N)cc2F)c1C(C)C. The molecule has 0 fully saturated rings. The van der Waals surface area contributed by atoms with Gasteiger partial charge in [-0.25, -0.2) is 14.4 Å². The number of nitriles is 1. The summed E-state index contributed by atoms with van der Waals surface area (Å²) in [7, 11) is 1.78. The fourth-order valence-electron chi connectivity index (χ4n) is 2.05. The molecule has 5 nitrogen and oxygen atoms in total. The summed E-state index contributed by atoms with van der Waals surface area (Å²) in [5, 5.41) is 14.7. The highest BCUT2D eigenvalue weighted by atomic mass is 19.1. The average Bonchev–Trinajstić information content (AvgIpc) is 2.48. The van der Waals surface area contributed by atoms with Gasteiger partial charge in [0.2, 0.25) is 0 Å². The molecule has 0 aliphatic carbocycles. The van der Waals surface area contributed by atoms with Gasteiger partial charge in [-0.15, -0.1) is 0 Å². The minimum atomic E-state index is -0.492. The van der Waals surface area contributed by atoms with Gasteiger partial charge < -0.3 is 10.6 Å². The molecule has 2 rings (SSSR count). The molecule has 2 aromatic rings. The monoisotopic (exact) mass is 285 g/mol. The van der Waals surface area contributed by atoms with Gasteiger partial charge in [-0.2, -0.15) is 5.26 Å². The molecule has 1 aromatic heterocycles. The maximum absolute atomic E-state index is 14.0. The number of hydrogen-bond acceptors (Lipinski definition) is 5. The Morgan fingerprint density at radius 3 is 2.52 bits per heavy atom. The number of nitrogens with one attached hydrogen (secondary N) is 2. The molecule has 0 saturated heterocycles. The zero-order chi connectivity index (χ0) is 15.4. The molecule has 1 heterocycles. The van der Waals surface area contributed by atoms with Crippen LogP contribution in [0.2, 0.25) is 0 Å². The molecule has 2 N–H and O–H groups in total. The van der Waals surface area contributed by atoms with E-state index in [1.807, 2.05) is 19.9 Å². The molecule has 0 aliphatic heterocycles. The standard InChI is InChI=1S/C15H16FN5/c1-9(2)13-14(18-3)19-8-20-15(13)21-12-5-4-10(7-17)6-11(12)16/h4-6,8-9H,1-3H3,(H2,18,19,20,21). The number of aromatic nitrogens is 2. The van der Waals surface area contributed by atoms with Crippen LogP contribution in [0.15, 0.2) is 24.5 Å². The van der Waals surface area contributed by atoms with Crippen molar-refractivity contribution >= 4 is 17.3 Å². The van der Waals surface area contributed by atoms with Crippen molar-refractivity contribution in [2.75, 3.05) is 17.7 Å². The molecule has 6 heteroatoms. The van der Waals surface area contributed by atoms with E-state index in [0.29, 0.717) is 11.6 Å². The Labute approximate surface area is 122 Å². The summed E-state index contributed by atoms with van der Waals surface area (Å²) >= 11 is 0. The second kappa shape index (κ2) is 6.18. The summed E-state index contributed by atoms with van der Waals surface area (Å²) in [4.78, 5) is 8.37. The van der Waals surface area contributed by atoms with Gasteiger partial charge in [0.1, 0.15) is 23.8 Å². The van der Waals surface area contributed by atoms with Crippen molar-refractivity contribution in [1.29, 1.82) is 5.26 Å². The first-order chi connectivity index (χ1) is 10.1. The van der Waals surface area contributed by atoms with Crippen LogP contribution in [0.3, 0.4) is 0 Å². The van der Waals surface area contributed by atoms with Crippen LogP contribution < -0.4 is 10.6 Å². The lowest BCUT2D eigenvalue weighted by Crippen LogP contribution is -2.07. The van der Waals surface area contributed by atoms with E-state index in [1.165, 1.54) is 18.5 Å². The third-order valence-corrected chi connectivity index (χ3v) is 3.05. The second-order valence-electron chi connectivity index (χ2n) is 4.82. The fourth-order valence-corrected chi connectivity index (χ4v) is 2.05. The first kappa shape index (κ1) is 14.7. The summed E-state index contributed by atoms with van der Waals surface area (Å²) < 4.78 is 14.0. The van der Waals surface area contributed by atoms with E-state index in [2.05, 4.69) is 20.6 Å². The Hall–Kier alpha value is -2.68. The van der Waals surface area contributed by atoms with Gasteiger partial charge in [0.05, 0.1) is 17.3 Å². The molecule has 1 aromatic carbocycles. The Morgan fingerprint density at radius 1 is 1.24 bits per heavy atom. The highest BCUT2D eigenvalue weighted by molar-refractivity contribution is 5.66. The van der Waals surface area contributed by atoms with E-state index in [0.717, 1.165) is 5.56 Å². The Bertz CT molecular complexity index is 691. The van der Waals surface area contributed by atoms with Gasteiger partial charge in [0.25, 0.3) is 0 Å². The van der Waals surface area contributed by atoms with Gasteiger partial charge in [-0.3, -0.25) is 0 Å². The lowest BCUT2D eigenvalue weighted by Gasteiger charge is -2.17. The molecule has 0 unspecified atom stereocenters. The smallest absolute Gasteiger partial charge is 0.147 e. The number of hydrogen-bond donors (Lipinski definition) is 2. The Morgan fingerprint density at radius 2 is 1.95 bits per heavy atom. The van der Waals surface area contributed by atoms with E-state index >= 15 is 0 Å². The largest absolute Gasteiger partial charge is 0.373 e.